The molecule has 0 aromatic rings. The highest BCUT2D eigenvalue weighted by Crippen LogP contribution is 1.96. The van der Waals surface area contributed by atoms with Crippen LogP contribution in [-0.4, -0.2) is 40.0 Å². The molecule has 0 saturated carbocycles. The second-order valence-corrected chi connectivity index (χ2v) is 5.50. The molecule has 6 nitrogen and oxygen atoms in total. The second kappa shape index (κ2) is 4.17. The molecule has 12 heavy (non-hydrogen) atoms. The molecule has 0 spiro atoms. The van der Waals surface area contributed by atoms with Crippen LogP contribution in [0.2, 0.25) is 0 Å². The zero-order valence-corrected chi connectivity index (χ0v) is 8.06. The van der Waals surface area contributed by atoms with E-state index in [0.29, 0.717) is 0 Å². The van der Waals surface area contributed by atoms with Crippen LogP contribution in [0.1, 0.15) is 6.42 Å². The van der Waals surface area contributed by atoms with Crippen molar-refractivity contribution in [3.63, 3.8) is 0 Å². The fourth-order valence-corrected chi connectivity index (χ4v) is 1.86. The maximum absolute atomic E-state index is 10.6. The third-order valence-electron chi connectivity index (χ3n) is 1.05. The molecule has 0 saturated heterocycles. The molecule has 8 heteroatoms. The van der Waals surface area contributed by atoms with Crippen LogP contribution in [0.3, 0.4) is 0 Å². The predicted molar refractivity (Wildman–Crippen MR) is 41.8 cm³/mol. The molecule has 0 unspecified atom stereocenters. The lowest BCUT2D eigenvalue weighted by Gasteiger charge is -1.98. The Morgan fingerprint density at radius 3 is 2.00 bits per heavy atom. The topological polar surface area (TPSA) is 97.7 Å². The number of hydrogen-bond donors (Lipinski definition) is 1. The minimum Gasteiger partial charge on any atom is -0.286 e. The fourth-order valence-electron chi connectivity index (χ4n) is 0.501. The molecule has 74 valence electrons. The van der Waals surface area contributed by atoms with Crippen molar-refractivity contribution in [3.8, 4) is 0 Å². The Morgan fingerprint density at radius 1 is 1.17 bits per heavy atom. The first-order chi connectivity index (χ1) is 5.27. The van der Waals surface area contributed by atoms with Crippen LogP contribution < -0.4 is 0 Å². The third-order valence-corrected chi connectivity index (χ3v) is 3.15. The van der Waals surface area contributed by atoms with Crippen molar-refractivity contribution in [3.05, 3.63) is 0 Å². The number of rotatable bonds is 5. The minimum absolute atomic E-state index is 0.172. The van der Waals surface area contributed by atoms with Crippen molar-refractivity contribution in [1.82, 2.24) is 0 Å². The van der Waals surface area contributed by atoms with Crippen molar-refractivity contribution in [2.45, 2.75) is 6.42 Å². The van der Waals surface area contributed by atoms with Gasteiger partial charge >= 0.3 is 0 Å². The monoisotopic (exact) mass is 218 g/mol. The van der Waals surface area contributed by atoms with Gasteiger partial charge in [-0.25, -0.2) is 0 Å². The molecular weight excluding hydrogens is 208 g/mol. The van der Waals surface area contributed by atoms with Crippen LogP contribution in [-0.2, 0) is 24.4 Å². The van der Waals surface area contributed by atoms with Crippen molar-refractivity contribution in [1.29, 1.82) is 0 Å². The van der Waals surface area contributed by atoms with E-state index in [9.17, 15) is 16.8 Å². The summed E-state index contributed by atoms with van der Waals surface area (Å²) >= 11 is 0. The summed E-state index contributed by atoms with van der Waals surface area (Å²) in [5.41, 5.74) is 0. The van der Waals surface area contributed by atoms with E-state index in [0.717, 1.165) is 7.11 Å². The first kappa shape index (κ1) is 11.8. The predicted octanol–water partition coefficient (Wildman–Crippen LogP) is -0.760. The van der Waals surface area contributed by atoms with Crippen molar-refractivity contribution in [2.24, 2.45) is 0 Å². The Morgan fingerprint density at radius 2 is 1.67 bits per heavy atom. The van der Waals surface area contributed by atoms with E-state index in [4.69, 9.17) is 4.55 Å². The molecule has 0 bridgehead atoms. The molecule has 0 amide bonds. The quantitative estimate of drug-likeness (QED) is 0.481. The molecule has 0 radical (unpaired) electrons. The first-order valence-corrected chi connectivity index (χ1v) is 6.19. The highest BCUT2D eigenvalue weighted by atomic mass is 32.2. The summed E-state index contributed by atoms with van der Waals surface area (Å²) in [5.74, 6) is -0.987. The summed E-state index contributed by atoms with van der Waals surface area (Å²) in [7, 11) is -6.70. The van der Waals surface area contributed by atoms with Gasteiger partial charge in [0.05, 0.1) is 18.6 Å². The Balaban J connectivity index is 3.89. The molecule has 0 aliphatic rings. The lowest BCUT2D eigenvalue weighted by Crippen LogP contribution is -2.12. The van der Waals surface area contributed by atoms with Gasteiger partial charge in [-0.05, 0) is 6.42 Å². The Bertz CT molecular complexity index is 311. The first-order valence-electron chi connectivity index (χ1n) is 3.00. The molecule has 0 aliphatic heterocycles. The average molecular weight is 218 g/mol. The largest absolute Gasteiger partial charge is 0.286 e. The van der Waals surface area contributed by atoms with E-state index in [1.165, 1.54) is 0 Å². The lowest BCUT2D eigenvalue weighted by atomic mass is 10.6. The molecular formula is C4H10O6S2. The van der Waals surface area contributed by atoms with Crippen LogP contribution in [0, 0.1) is 0 Å². The summed E-state index contributed by atoms with van der Waals surface area (Å²) in [6.45, 7) is 0. The van der Waals surface area contributed by atoms with Gasteiger partial charge in [-0.3, -0.25) is 8.74 Å². The second-order valence-electron chi connectivity index (χ2n) is 2.07. The van der Waals surface area contributed by atoms with E-state index < -0.39 is 31.7 Å². The van der Waals surface area contributed by atoms with Gasteiger partial charge in [0.25, 0.3) is 20.2 Å². The smallest absolute Gasteiger partial charge is 0.267 e. The maximum atomic E-state index is 10.6. The molecule has 0 aromatic carbocycles. The lowest BCUT2D eigenvalue weighted by molar-refractivity contribution is 0.397. The molecule has 0 rings (SSSR count). The van der Waals surface area contributed by atoms with Crippen molar-refractivity contribution >= 4 is 20.2 Å². The van der Waals surface area contributed by atoms with Crippen LogP contribution in [0.25, 0.3) is 0 Å². The summed E-state index contributed by atoms with van der Waals surface area (Å²) in [6.07, 6.45) is -0.172. The van der Waals surface area contributed by atoms with Gasteiger partial charge in [0.1, 0.15) is 0 Å². The summed E-state index contributed by atoms with van der Waals surface area (Å²) in [6, 6.07) is 0. The fraction of sp³-hybridized carbons (Fsp3) is 1.00. The molecule has 0 heterocycles. The third kappa shape index (κ3) is 6.53. The minimum atomic E-state index is -4.07. The molecule has 0 fully saturated rings. The summed E-state index contributed by atoms with van der Waals surface area (Å²) in [4.78, 5) is 0. The normalized spacial score (nSPS) is 13.2. The van der Waals surface area contributed by atoms with Gasteiger partial charge in [0.15, 0.2) is 0 Å². The molecule has 0 aromatic heterocycles. The highest BCUT2D eigenvalue weighted by molar-refractivity contribution is 7.87. The van der Waals surface area contributed by atoms with Gasteiger partial charge in [0.2, 0.25) is 0 Å². The molecule has 0 atom stereocenters. The van der Waals surface area contributed by atoms with Crippen molar-refractivity contribution in [2.75, 3.05) is 18.6 Å². The van der Waals surface area contributed by atoms with Crippen molar-refractivity contribution < 1.29 is 25.6 Å². The molecule has 1 N–H and O–H groups in total. The van der Waals surface area contributed by atoms with E-state index >= 15 is 0 Å². The van der Waals surface area contributed by atoms with Crippen LogP contribution >= 0.6 is 0 Å². The Hall–Kier alpha value is -0.180. The SMILES string of the molecule is COS(=O)(=O)CCCS(=O)(=O)O. The zero-order chi connectivity index (χ0) is 9.83. The highest BCUT2D eigenvalue weighted by Gasteiger charge is 2.11. The Labute approximate surface area is 71.4 Å². The summed E-state index contributed by atoms with van der Waals surface area (Å²) in [5, 5.41) is 0. The standard InChI is InChI=1S/C4H10O6S2/c1-10-12(8,9)4-2-3-11(5,6)7/h2-4H2,1H3,(H,5,6,7). The Kier molecular flexibility index (Phi) is 4.11. The van der Waals surface area contributed by atoms with E-state index in [1.54, 1.807) is 0 Å². The summed E-state index contributed by atoms with van der Waals surface area (Å²) < 4.78 is 53.7. The van der Waals surface area contributed by atoms with E-state index in [2.05, 4.69) is 4.18 Å². The van der Waals surface area contributed by atoms with Gasteiger partial charge in [0, 0.05) is 0 Å². The molecule has 0 aliphatic carbocycles. The number of hydrogen-bond acceptors (Lipinski definition) is 5. The average Bonchev–Trinajstić information content (AvgIpc) is 1.84. The van der Waals surface area contributed by atoms with Crippen LogP contribution in [0.4, 0.5) is 0 Å². The zero-order valence-electron chi connectivity index (χ0n) is 6.43. The van der Waals surface area contributed by atoms with E-state index in [-0.39, 0.29) is 6.42 Å². The van der Waals surface area contributed by atoms with Gasteiger partial charge < -0.3 is 0 Å². The maximum Gasteiger partial charge on any atom is 0.267 e. The van der Waals surface area contributed by atoms with E-state index in [1.807, 2.05) is 0 Å². The van der Waals surface area contributed by atoms with Crippen LogP contribution in [0.15, 0.2) is 0 Å². The van der Waals surface area contributed by atoms with Gasteiger partial charge in [-0.2, -0.15) is 16.8 Å². The van der Waals surface area contributed by atoms with Gasteiger partial charge in [-0.1, -0.05) is 0 Å². The van der Waals surface area contributed by atoms with Gasteiger partial charge in [-0.15, -0.1) is 0 Å². The van der Waals surface area contributed by atoms with Crippen LogP contribution in [0.5, 0.6) is 0 Å².